The summed E-state index contributed by atoms with van der Waals surface area (Å²) >= 11 is 0. The average molecular weight is 294 g/mol. The number of imidazole rings is 1. The van der Waals surface area contributed by atoms with Crippen molar-refractivity contribution in [1.29, 1.82) is 0 Å². The highest BCUT2D eigenvalue weighted by Gasteiger charge is 2.14. The molecule has 1 saturated heterocycles. The Kier molecular flexibility index (Phi) is 3.23. The number of aromatic amines is 1. The van der Waals surface area contributed by atoms with Gasteiger partial charge in [-0.1, -0.05) is 0 Å². The molecule has 4 rings (SSSR count). The molecule has 0 aliphatic carbocycles. The first-order chi connectivity index (χ1) is 10.8. The van der Waals surface area contributed by atoms with E-state index in [1.54, 1.807) is 6.20 Å². The zero-order valence-corrected chi connectivity index (χ0v) is 12.5. The monoisotopic (exact) mass is 294 g/mol. The van der Waals surface area contributed by atoms with E-state index in [0.717, 1.165) is 43.1 Å². The Bertz CT molecular complexity index is 738. The number of benzene rings is 1. The van der Waals surface area contributed by atoms with Crippen molar-refractivity contribution in [1.82, 2.24) is 24.8 Å². The molecule has 1 aromatic carbocycles. The van der Waals surface area contributed by atoms with Crippen molar-refractivity contribution in [2.24, 2.45) is 0 Å². The van der Waals surface area contributed by atoms with Gasteiger partial charge in [-0.05, 0) is 31.3 Å². The number of fused-ring (bicyclic) bond motifs is 1. The molecule has 0 unspecified atom stereocenters. The summed E-state index contributed by atoms with van der Waals surface area (Å²) in [5.41, 5.74) is 3.90. The van der Waals surface area contributed by atoms with E-state index in [2.05, 4.69) is 61.0 Å². The SMILES string of the molecule is CN1CCN(c2ccc(-c3nc4ncncc4[nH]3)cc2)CC1. The smallest absolute Gasteiger partial charge is 0.181 e. The molecule has 3 heterocycles. The van der Waals surface area contributed by atoms with Crippen LogP contribution in [0.5, 0.6) is 0 Å². The zero-order chi connectivity index (χ0) is 14.9. The highest BCUT2D eigenvalue weighted by Crippen LogP contribution is 2.23. The van der Waals surface area contributed by atoms with Gasteiger partial charge in [0.25, 0.3) is 0 Å². The first-order valence-electron chi connectivity index (χ1n) is 7.49. The molecule has 1 aliphatic rings. The van der Waals surface area contributed by atoms with Gasteiger partial charge in [0.1, 0.15) is 17.7 Å². The van der Waals surface area contributed by atoms with Crippen LogP contribution in [0.15, 0.2) is 36.8 Å². The first kappa shape index (κ1) is 13.2. The molecular weight excluding hydrogens is 276 g/mol. The van der Waals surface area contributed by atoms with E-state index in [9.17, 15) is 0 Å². The second kappa shape index (κ2) is 5.38. The molecule has 0 bridgehead atoms. The molecule has 2 aromatic heterocycles. The molecule has 6 heteroatoms. The molecule has 0 radical (unpaired) electrons. The Balaban J connectivity index is 1.58. The van der Waals surface area contributed by atoms with Crippen molar-refractivity contribution in [3.63, 3.8) is 0 Å². The lowest BCUT2D eigenvalue weighted by Gasteiger charge is -2.34. The van der Waals surface area contributed by atoms with E-state index in [1.165, 1.54) is 12.0 Å². The van der Waals surface area contributed by atoms with Gasteiger partial charge < -0.3 is 14.8 Å². The predicted octanol–water partition coefficient (Wildman–Crippen LogP) is 1.77. The van der Waals surface area contributed by atoms with Gasteiger partial charge in [0.2, 0.25) is 0 Å². The quantitative estimate of drug-likeness (QED) is 0.780. The molecule has 0 amide bonds. The molecule has 0 atom stereocenters. The number of H-pyrrole nitrogens is 1. The zero-order valence-electron chi connectivity index (χ0n) is 12.5. The number of aromatic nitrogens is 4. The van der Waals surface area contributed by atoms with E-state index >= 15 is 0 Å². The van der Waals surface area contributed by atoms with Crippen LogP contribution < -0.4 is 4.90 Å². The van der Waals surface area contributed by atoms with Gasteiger partial charge in [-0.3, -0.25) is 0 Å². The number of likely N-dealkylation sites (N-methyl/N-ethyl adjacent to an activating group) is 1. The van der Waals surface area contributed by atoms with Crippen molar-refractivity contribution in [3.05, 3.63) is 36.8 Å². The Morgan fingerprint density at radius 3 is 2.55 bits per heavy atom. The van der Waals surface area contributed by atoms with Gasteiger partial charge in [-0.2, -0.15) is 0 Å². The molecular formula is C16H18N6. The van der Waals surface area contributed by atoms with E-state index in [1.807, 2.05) is 0 Å². The van der Waals surface area contributed by atoms with Crippen molar-refractivity contribution >= 4 is 16.9 Å². The van der Waals surface area contributed by atoms with Gasteiger partial charge in [0.05, 0.1) is 6.20 Å². The summed E-state index contributed by atoms with van der Waals surface area (Å²) in [6, 6.07) is 8.55. The van der Waals surface area contributed by atoms with Gasteiger partial charge in [0, 0.05) is 37.4 Å². The molecule has 1 fully saturated rings. The summed E-state index contributed by atoms with van der Waals surface area (Å²) in [5, 5.41) is 0. The Morgan fingerprint density at radius 1 is 1.05 bits per heavy atom. The first-order valence-corrected chi connectivity index (χ1v) is 7.49. The Labute approximate surface area is 128 Å². The second-order valence-corrected chi connectivity index (χ2v) is 5.68. The molecule has 112 valence electrons. The van der Waals surface area contributed by atoms with Crippen molar-refractivity contribution in [3.8, 4) is 11.4 Å². The van der Waals surface area contributed by atoms with Crippen molar-refractivity contribution in [2.45, 2.75) is 0 Å². The summed E-state index contributed by atoms with van der Waals surface area (Å²) in [6.07, 6.45) is 3.26. The van der Waals surface area contributed by atoms with Crippen LogP contribution >= 0.6 is 0 Å². The second-order valence-electron chi connectivity index (χ2n) is 5.68. The van der Waals surface area contributed by atoms with Crippen LogP contribution in [0, 0.1) is 0 Å². The lowest BCUT2D eigenvalue weighted by Crippen LogP contribution is -2.44. The fraction of sp³-hybridized carbons (Fsp3) is 0.312. The lowest BCUT2D eigenvalue weighted by atomic mass is 10.1. The van der Waals surface area contributed by atoms with E-state index < -0.39 is 0 Å². The number of anilines is 1. The summed E-state index contributed by atoms with van der Waals surface area (Å²) in [6.45, 7) is 4.39. The van der Waals surface area contributed by atoms with E-state index in [4.69, 9.17) is 0 Å². The highest BCUT2D eigenvalue weighted by molar-refractivity contribution is 5.75. The summed E-state index contributed by atoms with van der Waals surface area (Å²) < 4.78 is 0. The number of piperazine rings is 1. The molecule has 22 heavy (non-hydrogen) atoms. The maximum atomic E-state index is 4.51. The van der Waals surface area contributed by atoms with Crippen LogP contribution in [-0.2, 0) is 0 Å². The summed E-state index contributed by atoms with van der Waals surface area (Å²) in [5.74, 6) is 0.834. The normalized spacial score (nSPS) is 16.3. The van der Waals surface area contributed by atoms with Crippen molar-refractivity contribution in [2.75, 3.05) is 38.1 Å². The van der Waals surface area contributed by atoms with Crippen LogP contribution in [0.25, 0.3) is 22.6 Å². The third kappa shape index (κ3) is 2.42. The number of nitrogens with zero attached hydrogens (tertiary/aromatic N) is 5. The van der Waals surface area contributed by atoms with Crippen LogP contribution in [0.3, 0.4) is 0 Å². The molecule has 0 spiro atoms. The Morgan fingerprint density at radius 2 is 1.82 bits per heavy atom. The van der Waals surface area contributed by atoms with Crippen LogP contribution in [-0.4, -0.2) is 58.1 Å². The van der Waals surface area contributed by atoms with Crippen molar-refractivity contribution < 1.29 is 0 Å². The average Bonchev–Trinajstić information content (AvgIpc) is 3.00. The molecule has 0 saturated carbocycles. The maximum absolute atomic E-state index is 4.51. The Hall–Kier alpha value is -2.47. The van der Waals surface area contributed by atoms with Crippen LogP contribution in [0.1, 0.15) is 0 Å². The van der Waals surface area contributed by atoms with Gasteiger partial charge in [-0.15, -0.1) is 0 Å². The van der Waals surface area contributed by atoms with Gasteiger partial charge in [0.15, 0.2) is 5.65 Å². The maximum Gasteiger partial charge on any atom is 0.181 e. The largest absolute Gasteiger partial charge is 0.369 e. The minimum Gasteiger partial charge on any atom is -0.369 e. The standard InChI is InChI=1S/C16H18N6/c1-21-6-8-22(9-7-21)13-4-2-12(3-5-13)15-19-14-10-17-11-18-16(14)20-15/h2-5,10-11H,6-9H2,1H3,(H,17,18,19,20). The van der Waals surface area contributed by atoms with E-state index in [-0.39, 0.29) is 0 Å². The number of hydrogen-bond donors (Lipinski definition) is 1. The van der Waals surface area contributed by atoms with Gasteiger partial charge in [-0.25, -0.2) is 15.0 Å². The fourth-order valence-electron chi connectivity index (χ4n) is 2.79. The summed E-state index contributed by atoms with van der Waals surface area (Å²) in [7, 11) is 2.17. The third-order valence-corrected chi connectivity index (χ3v) is 4.17. The fourth-order valence-corrected chi connectivity index (χ4v) is 2.79. The lowest BCUT2D eigenvalue weighted by molar-refractivity contribution is 0.313. The summed E-state index contributed by atoms with van der Waals surface area (Å²) in [4.78, 5) is 20.7. The topological polar surface area (TPSA) is 60.9 Å². The highest BCUT2D eigenvalue weighted by atomic mass is 15.2. The minimum absolute atomic E-state index is 0.702. The third-order valence-electron chi connectivity index (χ3n) is 4.17. The minimum atomic E-state index is 0.702. The van der Waals surface area contributed by atoms with Crippen LogP contribution in [0.2, 0.25) is 0 Å². The number of rotatable bonds is 2. The van der Waals surface area contributed by atoms with Crippen LogP contribution in [0.4, 0.5) is 5.69 Å². The number of nitrogens with one attached hydrogen (secondary N) is 1. The molecule has 1 aliphatic heterocycles. The van der Waals surface area contributed by atoms with Gasteiger partial charge >= 0.3 is 0 Å². The molecule has 6 nitrogen and oxygen atoms in total. The molecule has 1 N–H and O–H groups in total. The van der Waals surface area contributed by atoms with E-state index in [0.29, 0.717) is 5.65 Å². The predicted molar refractivity (Wildman–Crippen MR) is 86.8 cm³/mol. The molecule has 3 aromatic rings. The number of hydrogen-bond acceptors (Lipinski definition) is 5.